The van der Waals surface area contributed by atoms with Crippen LogP contribution in [0.15, 0.2) is 53.9 Å². The average molecular weight is 401 g/mol. The summed E-state index contributed by atoms with van der Waals surface area (Å²) in [6, 6.07) is 12.7. The Bertz CT molecular complexity index is 917. The molecule has 0 bridgehead atoms. The van der Waals surface area contributed by atoms with Crippen molar-refractivity contribution in [2.24, 2.45) is 0 Å². The first-order valence-corrected chi connectivity index (χ1v) is 9.35. The van der Waals surface area contributed by atoms with Gasteiger partial charge in [0.25, 0.3) is 5.91 Å². The van der Waals surface area contributed by atoms with E-state index in [1.54, 1.807) is 24.3 Å². The lowest BCUT2D eigenvalue weighted by atomic mass is 10.0. The monoisotopic (exact) mass is 401 g/mol. The Morgan fingerprint density at radius 2 is 1.64 bits per heavy atom. The minimum absolute atomic E-state index is 0.318. The molecule has 1 heterocycles. The van der Waals surface area contributed by atoms with E-state index in [9.17, 15) is 9.18 Å². The molecule has 7 heteroatoms. The van der Waals surface area contributed by atoms with Gasteiger partial charge >= 0.3 is 0 Å². The molecule has 0 aliphatic carbocycles. The van der Waals surface area contributed by atoms with Crippen LogP contribution in [0.5, 0.6) is 17.2 Å². The molecule has 5 nitrogen and oxygen atoms in total. The quantitative estimate of drug-likeness (QED) is 0.636. The Balaban J connectivity index is 1.95. The third-order valence-corrected chi connectivity index (χ3v) is 5.17. The van der Waals surface area contributed by atoms with Gasteiger partial charge in [-0.05, 0) is 41.3 Å². The van der Waals surface area contributed by atoms with Crippen LogP contribution in [-0.2, 0) is 0 Å². The third-order valence-electron chi connectivity index (χ3n) is 4.23. The van der Waals surface area contributed by atoms with E-state index in [0.29, 0.717) is 22.8 Å². The molecule has 0 spiro atoms. The van der Waals surface area contributed by atoms with E-state index >= 15 is 0 Å². The number of rotatable bonds is 7. The molecule has 0 aliphatic heterocycles. The van der Waals surface area contributed by atoms with E-state index in [-0.39, 0.29) is 11.7 Å². The van der Waals surface area contributed by atoms with Crippen molar-refractivity contribution in [1.29, 1.82) is 0 Å². The average Bonchev–Trinajstić information content (AvgIpc) is 3.25. The highest BCUT2D eigenvalue weighted by Gasteiger charge is 2.22. The first kappa shape index (κ1) is 19.7. The minimum Gasteiger partial charge on any atom is -0.493 e. The molecule has 0 saturated heterocycles. The number of ether oxygens (including phenoxy) is 3. The molecule has 1 amide bonds. The van der Waals surface area contributed by atoms with Gasteiger partial charge in [-0.15, -0.1) is 11.3 Å². The predicted octanol–water partition coefficient (Wildman–Crippen LogP) is 4.43. The Morgan fingerprint density at radius 3 is 2.14 bits per heavy atom. The molecule has 3 aromatic rings. The van der Waals surface area contributed by atoms with Crippen molar-refractivity contribution in [1.82, 2.24) is 5.32 Å². The number of methoxy groups -OCH3 is 3. The molecule has 0 aliphatic rings. The molecule has 2 aromatic carbocycles. The lowest BCUT2D eigenvalue weighted by Crippen LogP contribution is -2.29. The zero-order chi connectivity index (χ0) is 20.1. The number of carbonyl (C=O) groups excluding carboxylic acids is 1. The third kappa shape index (κ3) is 4.09. The molecule has 28 heavy (non-hydrogen) atoms. The molecule has 0 fully saturated rings. The maximum atomic E-state index is 13.3. The topological polar surface area (TPSA) is 56.8 Å². The van der Waals surface area contributed by atoms with Gasteiger partial charge in [-0.2, -0.15) is 0 Å². The Morgan fingerprint density at radius 1 is 1.00 bits per heavy atom. The van der Waals surface area contributed by atoms with Crippen LogP contribution in [-0.4, -0.2) is 27.2 Å². The van der Waals surface area contributed by atoms with Crippen LogP contribution in [0.1, 0.15) is 26.8 Å². The molecular weight excluding hydrogens is 381 g/mol. The van der Waals surface area contributed by atoms with E-state index in [2.05, 4.69) is 5.32 Å². The summed E-state index contributed by atoms with van der Waals surface area (Å²) in [5.41, 5.74) is 1.14. The van der Waals surface area contributed by atoms with Gasteiger partial charge in [0.1, 0.15) is 5.82 Å². The molecule has 3 rings (SSSR count). The number of nitrogens with one attached hydrogen (secondary N) is 1. The SMILES string of the molecule is COc1cc(C(=O)NC(c2ccc(F)cc2)c2cccs2)cc(OC)c1OC. The zero-order valence-electron chi connectivity index (χ0n) is 15.7. The minimum atomic E-state index is -0.410. The Labute approximate surface area is 166 Å². The molecule has 0 radical (unpaired) electrons. The number of carbonyl (C=O) groups is 1. The van der Waals surface area contributed by atoms with E-state index in [1.165, 1.54) is 44.8 Å². The number of halogens is 1. The van der Waals surface area contributed by atoms with Gasteiger partial charge in [0, 0.05) is 10.4 Å². The summed E-state index contributed by atoms with van der Waals surface area (Å²) in [5.74, 6) is 0.546. The van der Waals surface area contributed by atoms with Crippen molar-refractivity contribution in [3.05, 3.63) is 75.7 Å². The van der Waals surface area contributed by atoms with Crippen LogP contribution in [0.3, 0.4) is 0 Å². The van der Waals surface area contributed by atoms with E-state index in [4.69, 9.17) is 14.2 Å². The molecule has 1 atom stereocenters. The van der Waals surface area contributed by atoms with Crippen molar-refractivity contribution in [2.75, 3.05) is 21.3 Å². The zero-order valence-corrected chi connectivity index (χ0v) is 16.5. The van der Waals surface area contributed by atoms with Crippen LogP contribution in [0.2, 0.25) is 0 Å². The van der Waals surface area contributed by atoms with Gasteiger partial charge in [-0.3, -0.25) is 4.79 Å². The molecule has 1 aromatic heterocycles. The van der Waals surface area contributed by atoms with Gasteiger partial charge < -0.3 is 19.5 Å². The fourth-order valence-corrected chi connectivity index (χ4v) is 3.66. The van der Waals surface area contributed by atoms with Gasteiger partial charge in [-0.1, -0.05) is 18.2 Å². The van der Waals surface area contributed by atoms with Gasteiger partial charge in [0.15, 0.2) is 11.5 Å². The largest absolute Gasteiger partial charge is 0.493 e. The van der Waals surface area contributed by atoms with E-state index < -0.39 is 6.04 Å². The van der Waals surface area contributed by atoms with E-state index in [1.807, 2.05) is 17.5 Å². The molecule has 0 saturated carbocycles. The van der Waals surface area contributed by atoms with Crippen molar-refractivity contribution >= 4 is 17.2 Å². The second-order valence-corrected chi connectivity index (χ2v) is 6.87. The van der Waals surface area contributed by atoms with Gasteiger partial charge in [-0.25, -0.2) is 4.39 Å². The summed E-state index contributed by atoms with van der Waals surface area (Å²) in [7, 11) is 4.49. The highest BCUT2D eigenvalue weighted by molar-refractivity contribution is 7.10. The Hall–Kier alpha value is -3.06. The number of hydrogen-bond donors (Lipinski definition) is 1. The normalized spacial score (nSPS) is 11.6. The smallest absolute Gasteiger partial charge is 0.252 e. The summed E-state index contributed by atoms with van der Waals surface area (Å²) < 4.78 is 29.3. The number of benzene rings is 2. The first-order chi connectivity index (χ1) is 13.6. The summed E-state index contributed by atoms with van der Waals surface area (Å²) in [5, 5.41) is 4.94. The van der Waals surface area contributed by atoms with Crippen LogP contribution in [0.4, 0.5) is 4.39 Å². The Kier molecular flexibility index (Phi) is 6.16. The van der Waals surface area contributed by atoms with Gasteiger partial charge in [0.05, 0.1) is 27.4 Å². The maximum absolute atomic E-state index is 13.3. The van der Waals surface area contributed by atoms with Crippen LogP contribution >= 0.6 is 11.3 Å². The fourth-order valence-electron chi connectivity index (χ4n) is 2.86. The van der Waals surface area contributed by atoms with Crippen LogP contribution in [0.25, 0.3) is 0 Å². The summed E-state index contributed by atoms with van der Waals surface area (Å²) in [6.45, 7) is 0. The second-order valence-electron chi connectivity index (χ2n) is 5.89. The number of amides is 1. The van der Waals surface area contributed by atoms with Crippen LogP contribution < -0.4 is 19.5 Å². The van der Waals surface area contributed by atoms with E-state index in [0.717, 1.165) is 10.4 Å². The first-order valence-electron chi connectivity index (χ1n) is 8.47. The standard InChI is InChI=1S/C21H20FNO4S/c1-25-16-11-14(12-17(26-2)20(16)27-3)21(24)23-19(18-5-4-10-28-18)13-6-8-15(22)9-7-13/h4-12,19H,1-3H3,(H,23,24). The highest BCUT2D eigenvalue weighted by Crippen LogP contribution is 2.38. The molecule has 1 unspecified atom stereocenters. The lowest BCUT2D eigenvalue weighted by molar-refractivity contribution is 0.0942. The predicted molar refractivity (Wildman–Crippen MR) is 106 cm³/mol. The number of hydrogen-bond acceptors (Lipinski definition) is 5. The fraction of sp³-hybridized carbons (Fsp3) is 0.190. The molecule has 1 N–H and O–H groups in total. The highest BCUT2D eigenvalue weighted by atomic mass is 32.1. The van der Waals surface area contributed by atoms with Crippen LogP contribution in [0, 0.1) is 5.82 Å². The second kappa shape index (κ2) is 8.75. The van der Waals surface area contributed by atoms with Crippen molar-refractivity contribution in [3.8, 4) is 17.2 Å². The van der Waals surface area contributed by atoms with Crippen molar-refractivity contribution in [2.45, 2.75) is 6.04 Å². The maximum Gasteiger partial charge on any atom is 0.252 e. The number of thiophene rings is 1. The van der Waals surface area contributed by atoms with Gasteiger partial charge in [0.2, 0.25) is 5.75 Å². The summed E-state index contributed by atoms with van der Waals surface area (Å²) in [6.07, 6.45) is 0. The summed E-state index contributed by atoms with van der Waals surface area (Å²) >= 11 is 1.51. The molecule has 146 valence electrons. The summed E-state index contributed by atoms with van der Waals surface area (Å²) in [4.78, 5) is 13.9. The lowest BCUT2D eigenvalue weighted by Gasteiger charge is -2.19. The van der Waals surface area contributed by atoms with Crippen molar-refractivity contribution < 1.29 is 23.4 Å². The van der Waals surface area contributed by atoms with Crippen molar-refractivity contribution in [3.63, 3.8) is 0 Å². The molecular formula is C21H20FNO4S.